The zero-order chi connectivity index (χ0) is 12.8. The van der Waals surface area contributed by atoms with Crippen LogP contribution in [-0.4, -0.2) is 5.91 Å². The number of unbranched alkanes of at least 4 members (excludes halogenated alkanes) is 2. The van der Waals surface area contributed by atoms with Gasteiger partial charge in [-0.3, -0.25) is 4.79 Å². The van der Waals surface area contributed by atoms with Gasteiger partial charge in [-0.1, -0.05) is 60.3 Å². The van der Waals surface area contributed by atoms with E-state index in [1.165, 1.54) is 19.3 Å². The van der Waals surface area contributed by atoms with Crippen molar-refractivity contribution < 1.29 is 4.79 Å². The molecule has 2 N–H and O–H groups in total. The van der Waals surface area contributed by atoms with Gasteiger partial charge in [-0.25, -0.2) is 0 Å². The van der Waals surface area contributed by atoms with E-state index in [0.29, 0.717) is 5.92 Å². The van der Waals surface area contributed by atoms with Gasteiger partial charge in [0.15, 0.2) is 0 Å². The van der Waals surface area contributed by atoms with Gasteiger partial charge in [0.05, 0.1) is 0 Å². The summed E-state index contributed by atoms with van der Waals surface area (Å²) in [4.78, 5) is 11.6. The smallest absolute Gasteiger partial charge is 0.221 e. The molecule has 2 unspecified atom stereocenters. The van der Waals surface area contributed by atoms with Gasteiger partial charge in [0.2, 0.25) is 5.91 Å². The van der Waals surface area contributed by atoms with Crippen LogP contribution in [0.2, 0.25) is 0 Å². The van der Waals surface area contributed by atoms with Gasteiger partial charge in [-0.15, -0.1) is 0 Å². The minimum atomic E-state index is -0.129. The van der Waals surface area contributed by atoms with Crippen LogP contribution in [0.5, 0.6) is 0 Å². The first-order valence-electron chi connectivity index (χ1n) is 6.63. The number of carbonyl (C=O) groups is 1. The number of rotatable bonds is 7. The lowest BCUT2D eigenvalue weighted by Gasteiger charge is -2.34. The third kappa shape index (κ3) is 5.00. The van der Waals surface area contributed by atoms with E-state index >= 15 is 0 Å². The molecule has 0 rings (SSSR count). The summed E-state index contributed by atoms with van der Waals surface area (Å²) in [6, 6.07) is 0. The first-order valence-corrected chi connectivity index (χ1v) is 6.63. The number of hydrogen-bond donors (Lipinski definition) is 1. The SMILES string of the molecule is CCCCCC(CC)C(C(N)=O)C(C)(C)C. The van der Waals surface area contributed by atoms with Crippen LogP contribution in [-0.2, 0) is 4.79 Å². The van der Waals surface area contributed by atoms with Crippen molar-refractivity contribution >= 4 is 5.91 Å². The molecule has 2 atom stereocenters. The minimum Gasteiger partial charge on any atom is -0.369 e. The Bertz CT molecular complexity index is 205. The number of primary amides is 1. The van der Waals surface area contributed by atoms with Gasteiger partial charge in [-0.2, -0.15) is 0 Å². The molecule has 0 spiro atoms. The van der Waals surface area contributed by atoms with Crippen molar-refractivity contribution in [3.05, 3.63) is 0 Å². The Balaban J connectivity index is 4.54. The van der Waals surface area contributed by atoms with Crippen LogP contribution in [0.1, 0.15) is 66.7 Å². The van der Waals surface area contributed by atoms with Crippen LogP contribution in [0.15, 0.2) is 0 Å². The topological polar surface area (TPSA) is 43.1 Å². The van der Waals surface area contributed by atoms with Crippen LogP contribution in [0.25, 0.3) is 0 Å². The summed E-state index contributed by atoms with van der Waals surface area (Å²) in [5, 5.41) is 0. The van der Waals surface area contributed by atoms with E-state index in [0.717, 1.165) is 12.8 Å². The van der Waals surface area contributed by atoms with Crippen molar-refractivity contribution in [1.82, 2.24) is 0 Å². The summed E-state index contributed by atoms with van der Waals surface area (Å²) < 4.78 is 0. The Morgan fingerprint density at radius 1 is 1.19 bits per heavy atom. The van der Waals surface area contributed by atoms with E-state index in [-0.39, 0.29) is 17.2 Å². The molecule has 0 aromatic rings. The van der Waals surface area contributed by atoms with Crippen LogP contribution in [0, 0.1) is 17.3 Å². The Morgan fingerprint density at radius 3 is 2.06 bits per heavy atom. The van der Waals surface area contributed by atoms with Crippen LogP contribution in [0.3, 0.4) is 0 Å². The molecule has 0 aliphatic rings. The van der Waals surface area contributed by atoms with E-state index in [2.05, 4.69) is 34.6 Å². The number of nitrogens with two attached hydrogens (primary N) is 1. The predicted molar refractivity (Wildman–Crippen MR) is 70.1 cm³/mol. The van der Waals surface area contributed by atoms with E-state index in [9.17, 15) is 4.79 Å². The summed E-state index contributed by atoms with van der Waals surface area (Å²) in [7, 11) is 0. The second kappa shape index (κ2) is 6.93. The minimum absolute atomic E-state index is 0.00866. The molecule has 0 aliphatic heterocycles. The van der Waals surface area contributed by atoms with Crippen molar-refractivity contribution in [3.63, 3.8) is 0 Å². The highest BCUT2D eigenvalue weighted by Crippen LogP contribution is 2.36. The quantitative estimate of drug-likeness (QED) is 0.661. The van der Waals surface area contributed by atoms with E-state index in [1.54, 1.807) is 0 Å². The van der Waals surface area contributed by atoms with Crippen molar-refractivity contribution in [1.29, 1.82) is 0 Å². The van der Waals surface area contributed by atoms with Gasteiger partial charge in [0.25, 0.3) is 0 Å². The van der Waals surface area contributed by atoms with Crippen molar-refractivity contribution in [2.45, 2.75) is 66.7 Å². The Morgan fingerprint density at radius 2 is 1.75 bits per heavy atom. The largest absolute Gasteiger partial charge is 0.369 e. The third-order valence-electron chi connectivity index (χ3n) is 3.41. The zero-order valence-corrected chi connectivity index (χ0v) is 11.7. The lowest BCUT2D eigenvalue weighted by molar-refractivity contribution is -0.127. The molecular formula is C14H29NO. The number of amides is 1. The predicted octanol–water partition coefficient (Wildman–Crippen LogP) is 3.74. The van der Waals surface area contributed by atoms with Gasteiger partial charge in [0, 0.05) is 5.92 Å². The van der Waals surface area contributed by atoms with Gasteiger partial charge in [0.1, 0.15) is 0 Å². The number of carbonyl (C=O) groups excluding carboxylic acids is 1. The molecule has 0 aliphatic carbocycles. The highest BCUT2D eigenvalue weighted by molar-refractivity contribution is 5.77. The molecule has 0 bridgehead atoms. The highest BCUT2D eigenvalue weighted by Gasteiger charge is 2.35. The molecule has 0 saturated heterocycles. The second-order valence-corrected chi connectivity index (χ2v) is 5.91. The Kier molecular flexibility index (Phi) is 6.70. The molecule has 0 heterocycles. The lowest BCUT2D eigenvalue weighted by atomic mass is 9.70. The van der Waals surface area contributed by atoms with Crippen LogP contribution in [0.4, 0.5) is 0 Å². The van der Waals surface area contributed by atoms with Crippen molar-refractivity contribution in [2.75, 3.05) is 0 Å². The zero-order valence-electron chi connectivity index (χ0n) is 11.7. The summed E-state index contributed by atoms with van der Waals surface area (Å²) in [6.45, 7) is 10.7. The second-order valence-electron chi connectivity index (χ2n) is 5.91. The maximum Gasteiger partial charge on any atom is 0.221 e. The first kappa shape index (κ1) is 15.5. The van der Waals surface area contributed by atoms with E-state index < -0.39 is 0 Å². The average Bonchev–Trinajstić information content (AvgIpc) is 2.13. The normalized spacial score (nSPS) is 15.8. The van der Waals surface area contributed by atoms with E-state index in [4.69, 9.17) is 5.73 Å². The summed E-state index contributed by atoms with van der Waals surface area (Å²) in [5.41, 5.74) is 5.55. The van der Waals surface area contributed by atoms with Crippen LogP contribution < -0.4 is 5.73 Å². The molecule has 0 aromatic heterocycles. The third-order valence-corrected chi connectivity index (χ3v) is 3.41. The molecule has 0 saturated carbocycles. The summed E-state index contributed by atoms with van der Waals surface area (Å²) in [6.07, 6.45) is 5.89. The Hall–Kier alpha value is -0.530. The van der Waals surface area contributed by atoms with Crippen molar-refractivity contribution in [3.8, 4) is 0 Å². The summed E-state index contributed by atoms with van der Waals surface area (Å²) >= 11 is 0. The molecule has 96 valence electrons. The van der Waals surface area contributed by atoms with Gasteiger partial charge < -0.3 is 5.73 Å². The standard InChI is InChI=1S/C14H29NO/c1-6-8-9-10-11(7-2)12(13(15)16)14(3,4)5/h11-12H,6-10H2,1-5H3,(H2,15,16). The molecule has 0 aromatic carbocycles. The Labute approximate surface area is 101 Å². The maximum absolute atomic E-state index is 11.6. The highest BCUT2D eigenvalue weighted by atomic mass is 16.1. The van der Waals surface area contributed by atoms with Gasteiger partial charge in [-0.05, 0) is 17.8 Å². The molecule has 16 heavy (non-hydrogen) atoms. The molecule has 2 nitrogen and oxygen atoms in total. The van der Waals surface area contributed by atoms with Gasteiger partial charge >= 0.3 is 0 Å². The fraction of sp³-hybridized carbons (Fsp3) is 0.929. The number of hydrogen-bond acceptors (Lipinski definition) is 1. The average molecular weight is 227 g/mol. The maximum atomic E-state index is 11.6. The monoisotopic (exact) mass is 227 g/mol. The molecule has 0 radical (unpaired) electrons. The molecule has 1 amide bonds. The first-order chi connectivity index (χ1) is 7.34. The fourth-order valence-corrected chi connectivity index (χ4v) is 2.63. The van der Waals surface area contributed by atoms with Crippen molar-refractivity contribution in [2.24, 2.45) is 23.0 Å². The molecule has 2 heteroatoms. The summed E-state index contributed by atoms with van der Waals surface area (Å²) in [5.74, 6) is 0.328. The fourth-order valence-electron chi connectivity index (χ4n) is 2.63. The molecule has 0 fully saturated rings. The van der Waals surface area contributed by atoms with E-state index in [1.807, 2.05) is 0 Å². The van der Waals surface area contributed by atoms with Crippen LogP contribution >= 0.6 is 0 Å². The molecular weight excluding hydrogens is 198 g/mol. The lowest BCUT2D eigenvalue weighted by Crippen LogP contribution is -2.39.